The van der Waals surface area contributed by atoms with E-state index in [1.165, 1.54) is 0 Å². The highest BCUT2D eigenvalue weighted by atomic mass is 32.2. The molecule has 2 aromatic heterocycles. The van der Waals surface area contributed by atoms with Gasteiger partial charge in [-0.1, -0.05) is 24.3 Å². The summed E-state index contributed by atoms with van der Waals surface area (Å²) in [5.41, 5.74) is 3.81. The van der Waals surface area contributed by atoms with Gasteiger partial charge in [-0.15, -0.1) is 0 Å². The van der Waals surface area contributed by atoms with Crippen LogP contribution in [0.1, 0.15) is 24.0 Å². The second-order valence-corrected chi connectivity index (χ2v) is 11.9. The van der Waals surface area contributed by atoms with E-state index in [-0.39, 0.29) is 6.04 Å². The van der Waals surface area contributed by atoms with Gasteiger partial charge in [-0.05, 0) is 82.0 Å². The van der Waals surface area contributed by atoms with E-state index in [4.69, 9.17) is 0 Å². The predicted octanol–water partition coefficient (Wildman–Crippen LogP) is 4.18. The molecule has 0 unspecified atom stereocenters. The van der Waals surface area contributed by atoms with Crippen molar-refractivity contribution in [3.05, 3.63) is 78.2 Å². The number of fused-ring (bicyclic) bond motifs is 1. The normalized spacial score (nSPS) is 15.1. The Balaban J connectivity index is 1.25. The van der Waals surface area contributed by atoms with Gasteiger partial charge >= 0.3 is 0 Å². The first-order valence-electron chi connectivity index (χ1n) is 13.2. The minimum atomic E-state index is -3.62. The standard InChI is InChI=1S/C29H35N7O2S/c1-35(2)18-19-36(25-12-15-30-16-13-25)39(37,38)26-10-8-24(9-11-26)34-29-32-20-22(21-33-29)6-7-23-4-3-5-28-27(23)14-17-31-28/h3-11,14,17,20-21,25,30-31H,12-13,15-16,18-19H2,1-2H3,(H,32,33,34). The topological polar surface area (TPSA) is 106 Å². The average molecular weight is 546 g/mol. The van der Waals surface area contributed by atoms with Crippen LogP contribution in [0.25, 0.3) is 23.1 Å². The minimum Gasteiger partial charge on any atom is -0.361 e. The second kappa shape index (κ2) is 12.1. The van der Waals surface area contributed by atoms with Gasteiger partial charge in [0.05, 0.1) is 4.90 Å². The first-order valence-corrected chi connectivity index (χ1v) is 14.6. The summed E-state index contributed by atoms with van der Waals surface area (Å²) in [4.78, 5) is 14.4. The largest absolute Gasteiger partial charge is 0.361 e. The van der Waals surface area contributed by atoms with E-state index in [2.05, 4.69) is 37.7 Å². The number of nitrogens with zero attached hydrogens (tertiary/aromatic N) is 4. The third-order valence-electron chi connectivity index (χ3n) is 6.96. The SMILES string of the molecule is CN(C)CCN(C1CCNCC1)S(=O)(=O)c1ccc(Nc2ncc(C=Cc3cccc4[nH]ccc34)cn2)cc1. The Morgan fingerprint density at radius 1 is 0.974 bits per heavy atom. The van der Waals surface area contributed by atoms with Crippen LogP contribution in [0.15, 0.2) is 72.0 Å². The van der Waals surface area contributed by atoms with Gasteiger partial charge in [0.15, 0.2) is 0 Å². The quantitative estimate of drug-likeness (QED) is 0.275. The number of sulfonamides is 1. The van der Waals surface area contributed by atoms with Crippen molar-refractivity contribution in [2.24, 2.45) is 0 Å². The van der Waals surface area contributed by atoms with Gasteiger partial charge in [0, 0.05) is 59.9 Å². The molecule has 0 spiro atoms. The molecule has 1 fully saturated rings. The first kappa shape index (κ1) is 27.0. The number of H-pyrrole nitrogens is 1. The smallest absolute Gasteiger partial charge is 0.243 e. The van der Waals surface area contributed by atoms with E-state index in [9.17, 15) is 8.42 Å². The molecule has 4 aromatic rings. The summed E-state index contributed by atoms with van der Waals surface area (Å²) in [6, 6.07) is 15.0. The fraction of sp³-hybridized carbons (Fsp3) is 0.310. The minimum absolute atomic E-state index is 0.00547. The molecule has 0 atom stereocenters. The van der Waals surface area contributed by atoms with Gasteiger partial charge in [0.2, 0.25) is 16.0 Å². The van der Waals surface area contributed by atoms with Crippen LogP contribution in [0.2, 0.25) is 0 Å². The van der Waals surface area contributed by atoms with Crippen molar-refractivity contribution in [2.45, 2.75) is 23.8 Å². The van der Waals surface area contributed by atoms with Gasteiger partial charge in [-0.3, -0.25) is 0 Å². The van der Waals surface area contributed by atoms with Crippen LogP contribution < -0.4 is 10.6 Å². The summed E-state index contributed by atoms with van der Waals surface area (Å²) in [6.07, 6.45) is 11.1. The summed E-state index contributed by atoms with van der Waals surface area (Å²) in [5, 5.41) is 7.65. The third-order valence-corrected chi connectivity index (χ3v) is 8.92. The maximum atomic E-state index is 13.6. The van der Waals surface area contributed by atoms with E-state index >= 15 is 0 Å². The number of hydrogen-bond donors (Lipinski definition) is 3. The lowest BCUT2D eigenvalue weighted by molar-refractivity contribution is 0.240. The Morgan fingerprint density at radius 2 is 1.72 bits per heavy atom. The van der Waals surface area contributed by atoms with Crippen molar-refractivity contribution in [3.8, 4) is 0 Å². The molecule has 9 nitrogen and oxygen atoms in total. The van der Waals surface area contributed by atoms with Gasteiger partial charge in [-0.2, -0.15) is 4.31 Å². The zero-order valence-electron chi connectivity index (χ0n) is 22.3. The monoisotopic (exact) mass is 545 g/mol. The first-order chi connectivity index (χ1) is 18.9. The number of rotatable bonds is 10. The fourth-order valence-corrected chi connectivity index (χ4v) is 6.47. The van der Waals surface area contributed by atoms with Crippen LogP contribution in [0.5, 0.6) is 0 Å². The molecule has 204 valence electrons. The molecule has 3 heterocycles. The molecule has 5 rings (SSSR count). The Hall–Kier alpha value is -3.57. The van der Waals surface area contributed by atoms with E-state index in [1.807, 2.05) is 49.5 Å². The number of piperidine rings is 1. The summed E-state index contributed by atoms with van der Waals surface area (Å²) >= 11 is 0. The maximum absolute atomic E-state index is 13.6. The Bertz CT molecular complexity index is 1510. The zero-order chi connectivity index (χ0) is 27.2. The molecule has 0 bridgehead atoms. The molecule has 2 aromatic carbocycles. The molecule has 10 heteroatoms. The molecule has 0 amide bonds. The molecule has 1 aliphatic rings. The molecular weight excluding hydrogens is 510 g/mol. The Morgan fingerprint density at radius 3 is 2.44 bits per heavy atom. The van der Waals surface area contributed by atoms with Crippen LogP contribution in [-0.2, 0) is 10.0 Å². The number of anilines is 2. The van der Waals surface area contributed by atoms with Crippen molar-refractivity contribution in [1.29, 1.82) is 0 Å². The van der Waals surface area contributed by atoms with Gasteiger partial charge in [-0.25, -0.2) is 18.4 Å². The summed E-state index contributed by atoms with van der Waals surface area (Å²) in [5.74, 6) is 0.442. The highest BCUT2D eigenvalue weighted by Gasteiger charge is 2.32. The molecule has 0 saturated carbocycles. The molecule has 39 heavy (non-hydrogen) atoms. The molecule has 0 aliphatic carbocycles. The average Bonchev–Trinajstić information content (AvgIpc) is 3.43. The Kier molecular flexibility index (Phi) is 8.37. The molecule has 1 aliphatic heterocycles. The maximum Gasteiger partial charge on any atom is 0.243 e. The van der Waals surface area contributed by atoms with Crippen LogP contribution in [-0.4, -0.2) is 78.9 Å². The van der Waals surface area contributed by atoms with Crippen molar-refractivity contribution in [3.63, 3.8) is 0 Å². The number of nitrogens with one attached hydrogen (secondary N) is 3. The zero-order valence-corrected chi connectivity index (χ0v) is 23.2. The van der Waals surface area contributed by atoms with Crippen LogP contribution in [0.4, 0.5) is 11.6 Å². The Labute approximate surface area is 230 Å². The van der Waals surface area contributed by atoms with Crippen molar-refractivity contribution < 1.29 is 8.42 Å². The molecular formula is C29H35N7O2S. The van der Waals surface area contributed by atoms with Gasteiger partial charge < -0.3 is 20.5 Å². The lowest BCUT2D eigenvalue weighted by Crippen LogP contribution is -2.48. The van der Waals surface area contributed by atoms with Crippen LogP contribution in [0, 0.1) is 0 Å². The van der Waals surface area contributed by atoms with Crippen molar-refractivity contribution in [1.82, 2.24) is 29.5 Å². The number of aromatic nitrogens is 3. The number of likely N-dealkylation sites (N-methyl/N-ethyl adjacent to an activating group) is 1. The summed E-state index contributed by atoms with van der Waals surface area (Å²) < 4.78 is 28.9. The highest BCUT2D eigenvalue weighted by molar-refractivity contribution is 7.89. The third kappa shape index (κ3) is 6.54. The van der Waals surface area contributed by atoms with Crippen molar-refractivity contribution in [2.75, 3.05) is 45.6 Å². The predicted molar refractivity (Wildman–Crippen MR) is 157 cm³/mol. The number of hydrogen-bond acceptors (Lipinski definition) is 7. The number of benzene rings is 2. The van der Waals surface area contributed by atoms with Crippen molar-refractivity contribution >= 4 is 44.7 Å². The highest BCUT2D eigenvalue weighted by Crippen LogP contribution is 2.25. The van der Waals surface area contributed by atoms with Gasteiger partial charge in [0.1, 0.15) is 0 Å². The molecule has 3 N–H and O–H groups in total. The second-order valence-electron chi connectivity index (χ2n) is 10.0. The number of aromatic amines is 1. The van der Waals surface area contributed by atoms with E-state index < -0.39 is 10.0 Å². The van der Waals surface area contributed by atoms with Gasteiger partial charge in [0.25, 0.3) is 0 Å². The summed E-state index contributed by atoms with van der Waals surface area (Å²) in [6.45, 7) is 2.81. The van der Waals surface area contributed by atoms with Crippen LogP contribution in [0.3, 0.4) is 0 Å². The fourth-order valence-electron chi connectivity index (χ4n) is 4.80. The van der Waals surface area contributed by atoms with E-state index in [0.717, 1.165) is 53.6 Å². The molecule has 0 radical (unpaired) electrons. The van der Waals surface area contributed by atoms with E-state index in [0.29, 0.717) is 23.9 Å². The van der Waals surface area contributed by atoms with Crippen LogP contribution >= 0.6 is 0 Å². The molecule has 1 saturated heterocycles. The summed E-state index contributed by atoms with van der Waals surface area (Å²) in [7, 11) is 0.301. The van der Waals surface area contributed by atoms with E-state index in [1.54, 1.807) is 41.0 Å². The lowest BCUT2D eigenvalue weighted by atomic mass is 10.1. The lowest BCUT2D eigenvalue weighted by Gasteiger charge is -2.34.